The lowest BCUT2D eigenvalue weighted by atomic mass is 9.90. The standard InChI is InChI=1S/C16H21NO4S.C6H4ClF/c1-2-9-22(20,21)17-8-4-7-15(12-17)14-6-3-5-13(10-14)11-16(18)19;7-5-2-1-3-6(8)4-5/h2-3,5-6,10,15H,1,4,7-9,11-12H2,(H,18,19);1-4H. The van der Waals surface area contributed by atoms with Crippen molar-refractivity contribution in [2.24, 2.45) is 0 Å². The minimum Gasteiger partial charge on any atom is -0.481 e. The van der Waals surface area contributed by atoms with E-state index in [0.29, 0.717) is 18.1 Å². The molecule has 2 aromatic rings. The van der Waals surface area contributed by atoms with Gasteiger partial charge < -0.3 is 5.11 Å². The van der Waals surface area contributed by atoms with Crippen molar-refractivity contribution in [3.05, 3.63) is 83.2 Å². The van der Waals surface area contributed by atoms with E-state index in [2.05, 4.69) is 6.58 Å². The maximum Gasteiger partial charge on any atom is 0.307 e. The Morgan fingerprint density at radius 3 is 2.60 bits per heavy atom. The molecule has 1 heterocycles. The fraction of sp³-hybridized carbons (Fsp3) is 0.318. The van der Waals surface area contributed by atoms with Crippen molar-refractivity contribution in [2.75, 3.05) is 18.8 Å². The topological polar surface area (TPSA) is 74.7 Å². The summed E-state index contributed by atoms with van der Waals surface area (Å²) < 4.78 is 37.9. The fourth-order valence-electron chi connectivity index (χ4n) is 3.31. The molecule has 0 saturated carbocycles. The van der Waals surface area contributed by atoms with Gasteiger partial charge in [-0.15, -0.1) is 6.58 Å². The van der Waals surface area contributed by atoms with Crippen LogP contribution in [-0.2, 0) is 21.2 Å². The lowest BCUT2D eigenvalue weighted by Crippen LogP contribution is -2.40. The Bertz CT molecular complexity index is 963. The van der Waals surface area contributed by atoms with Crippen molar-refractivity contribution < 1.29 is 22.7 Å². The molecule has 8 heteroatoms. The van der Waals surface area contributed by atoms with E-state index in [1.54, 1.807) is 18.2 Å². The van der Waals surface area contributed by atoms with Gasteiger partial charge in [0.15, 0.2) is 0 Å². The second-order valence-corrected chi connectivity index (χ2v) is 9.47. The average molecular weight is 454 g/mol. The molecule has 1 unspecified atom stereocenters. The largest absolute Gasteiger partial charge is 0.481 e. The van der Waals surface area contributed by atoms with Crippen molar-refractivity contribution >= 4 is 27.6 Å². The molecule has 0 amide bonds. The van der Waals surface area contributed by atoms with Crippen LogP contribution in [0.4, 0.5) is 4.39 Å². The summed E-state index contributed by atoms with van der Waals surface area (Å²) in [5, 5.41) is 9.31. The summed E-state index contributed by atoms with van der Waals surface area (Å²) in [7, 11) is -3.28. The van der Waals surface area contributed by atoms with E-state index in [0.717, 1.165) is 24.0 Å². The van der Waals surface area contributed by atoms with Gasteiger partial charge in [0, 0.05) is 18.1 Å². The second-order valence-electron chi connectivity index (χ2n) is 7.02. The number of nitrogens with zero attached hydrogens (tertiary/aromatic N) is 1. The monoisotopic (exact) mass is 453 g/mol. The van der Waals surface area contributed by atoms with Gasteiger partial charge in [0.2, 0.25) is 10.0 Å². The molecule has 0 radical (unpaired) electrons. The molecule has 1 N–H and O–H groups in total. The predicted molar refractivity (Wildman–Crippen MR) is 117 cm³/mol. The molecule has 1 fully saturated rings. The number of aliphatic carboxylic acids is 1. The van der Waals surface area contributed by atoms with Gasteiger partial charge in [-0.3, -0.25) is 4.79 Å². The van der Waals surface area contributed by atoms with E-state index in [4.69, 9.17) is 16.7 Å². The summed E-state index contributed by atoms with van der Waals surface area (Å²) in [5.41, 5.74) is 1.76. The minimum absolute atomic E-state index is 0.0148. The van der Waals surface area contributed by atoms with Gasteiger partial charge in [0.1, 0.15) is 5.82 Å². The Balaban J connectivity index is 0.000000335. The van der Waals surface area contributed by atoms with E-state index in [9.17, 15) is 17.6 Å². The first-order valence-corrected chi connectivity index (χ1v) is 11.5. The lowest BCUT2D eigenvalue weighted by molar-refractivity contribution is -0.136. The summed E-state index contributed by atoms with van der Waals surface area (Å²) in [4.78, 5) is 10.8. The maximum absolute atomic E-state index is 12.2. The maximum atomic E-state index is 12.2. The highest BCUT2D eigenvalue weighted by Crippen LogP contribution is 2.29. The quantitative estimate of drug-likeness (QED) is 0.654. The number of benzene rings is 2. The van der Waals surface area contributed by atoms with Gasteiger partial charge in [0.25, 0.3) is 0 Å². The van der Waals surface area contributed by atoms with E-state index in [-0.39, 0.29) is 23.9 Å². The lowest BCUT2D eigenvalue weighted by Gasteiger charge is -2.32. The Morgan fingerprint density at radius 2 is 2.00 bits per heavy atom. The molecule has 1 aliphatic heterocycles. The molecule has 1 aliphatic rings. The molecular formula is C22H25ClFNO4S. The van der Waals surface area contributed by atoms with Crippen molar-refractivity contribution in [1.29, 1.82) is 0 Å². The summed E-state index contributed by atoms with van der Waals surface area (Å²) in [5.74, 6) is -1.09. The molecule has 30 heavy (non-hydrogen) atoms. The van der Waals surface area contributed by atoms with Crippen molar-refractivity contribution in [3.63, 3.8) is 0 Å². The Kier molecular flexibility index (Phi) is 9.02. The van der Waals surface area contributed by atoms with Crippen LogP contribution in [0.5, 0.6) is 0 Å². The van der Waals surface area contributed by atoms with Crippen molar-refractivity contribution in [2.45, 2.75) is 25.2 Å². The minimum atomic E-state index is -3.28. The zero-order valence-electron chi connectivity index (χ0n) is 16.5. The van der Waals surface area contributed by atoms with Gasteiger partial charge in [0.05, 0.1) is 12.2 Å². The Morgan fingerprint density at radius 1 is 1.27 bits per heavy atom. The number of halogens is 2. The molecule has 0 spiro atoms. The zero-order chi connectivity index (χ0) is 22.1. The SMILES string of the molecule is C=CCS(=O)(=O)N1CCCC(c2cccc(CC(=O)O)c2)C1.Fc1cccc(Cl)c1. The van der Waals surface area contributed by atoms with Crippen LogP contribution in [0.3, 0.4) is 0 Å². The van der Waals surface area contributed by atoms with Gasteiger partial charge >= 0.3 is 5.97 Å². The third-order valence-corrected chi connectivity index (χ3v) is 6.68. The number of piperidine rings is 1. The van der Waals surface area contributed by atoms with Gasteiger partial charge in [-0.05, 0) is 48.1 Å². The van der Waals surface area contributed by atoms with Gasteiger partial charge in [-0.1, -0.05) is 48.0 Å². The Hall–Kier alpha value is -2.22. The first kappa shape index (κ1) is 24.1. The van der Waals surface area contributed by atoms with E-state index in [1.807, 2.05) is 18.2 Å². The molecule has 2 aromatic carbocycles. The first-order chi connectivity index (χ1) is 14.2. The third kappa shape index (κ3) is 7.55. The van der Waals surface area contributed by atoms with Crippen LogP contribution in [0.15, 0.2) is 61.2 Å². The predicted octanol–water partition coefficient (Wildman–Crippen LogP) is 4.49. The highest BCUT2D eigenvalue weighted by Gasteiger charge is 2.28. The normalized spacial score (nSPS) is 16.9. The highest BCUT2D eigenvalue weighted by atomic mass is 35.5. The van der Waals surface area contributed by atoms with Crippen LogP contribution in [-0.4, -0.2) is 42.6 Å². The molecule has 1 atom stereocenters. The number of carboxylic acids is 1. The van der Waals surface area contributed by atoms with E-state index >= 15 is 0 Å². The van der Waals surface area contributed by atoms with Crippen molar-refractivity contribution in [1.82, 2.24) is 4.31 Å². The van der Waals surface area contributed by atoms with Gasteiger partial charge in [-0.2, -0.15) is 0 Å². The molecular weight excluding hydrogens is 429 g/mol. The molecule has 162 valence electrons. The molecule has 0 aromatic heterocycles. The number of sulfonamides is 1. The van der Waals surface area contributed by atoms with Crippen LogP contribution in [0.25, 0.3) is 0 Å². The third-order valence-electron chi connectivity index (χ3n) is 4.67. The van der Waals surface area contributed by atoms with Crippen molar-refractivity contribution in [3.8, 4) is 0 Å². The number of carbonyl (C=O) groups is 1. The highest BCUT2D eigenvalue weighted by molar-refractivity contribution is 7.89. The molecule has 1 saturated heterocycles. The second kappa shape index (κ2) is 11.2. The first-order valence-electron chi connectivity index (χ1n) is 9.51. The summed E-state index contributed by atoms with van der Waals surface area (Å²) in [6.07, 6.45) is 3.12. The zero-order valence-corrected chi connectivity index (χ0v) is 18.1. The number of carboxylic acid groups (broad SMARTS) is 1. The average Bonchev–Trinajstić information content (AvgIpc) is 2.68. The summed E-state index contributed by atoms with van der Waals surface area (Å²) >= 11 is 5.40. The Labute approximate surface area is 181 Å². The molecule has 3 rings (SSSR count). The fourth-order valence-corrected chi connectivity index (χ4v) is 4.81. The van der Waals surface area contributed by atoms with Gasteiger partial charge in [-0.25, -0.2) is 17.1 Å². The molecule has 0 bridgehead atoms. The summed E-state index contributed by atoms with van der Waals surface area (Å²) in [6, 6.07) is 13.3. The number of hydrogen-bond acceptors (Lipinski definition) is 3. The van der Waals surface area contributed by atoms with Crippen LogP contribution in [0, 0.1) is 5.82 Å². The number of rotatable bonds is 6. The van der Waals surface area contributed by atoms with Crippen LogP contribution >= 0.6 is 11.6 Å². The van der Waals surface area contributed by atoms with Crippen LogP contribution in [0.1, 0.15) is 29.9 Å². The van der Waals surface area contributed by atoms with E-state index < -0.39 is 16.0 Å². The summed E-state index contributed by atoms with van der Waals surface area (Å²) in [6.45, 7) is 4.49. The smallest absolute Gasteiger partial charge is 0.307 e. The van der Waals surface area contributed by atoms with Crippen LogP contribution in [0.2, 0.25) is 5.02 Å². The molecule has 0 aliphatic carbocycles. The number of hydrogen-bond donors (Lipinski definition) is 1. The molecule has 5 nitrogen and oxygen atoms in total. The van der Waals surface area contributed by atoms with Crippen LogP contribution < -0.4 is 0 Å². The van der Waals surface area contributed by atoms with E-state index in [1.165, 1.54) is 22.5 Å².